The summed E-state index contributed by atoms with van der Waals surface area (Å²) in [5.41, 5.74) is 3.09. The van der Waals surface area contributed by atoms with E-state index in [1.165, 1.54) is 12.1 Å². The number of nitrogens with zero attached hydrogens (tertiary/aromatic N) is 1. The summed E-state index contributed by atoms with van der Waals surface area (Å²) in [7, 11) is -2.38. The van der Waals surface area contributed by atoms with Crippen molar-refractivity contribution in [3.05, 3.63) is 89.5 Å². The molecule has 0 saturated heterocycles. The summed E-state index contributed by atoms with van der Waals surface area (Å²) in [6, 6.07) is 20.7. The minimum atomic E-state index is -3.95. The zero-order valence-electron chi connectivity index (χ0n) is 18.7. The molecule has 1 amide bonds. The third-order valence-electron chi connectivity index (χ3n) is 5.10. The number of anilines is 1. The number of carbonyl (C=O) groups excluding carboxylic acids is 1. The van der Waals surface area contributed by atoms with Crippen LogP contribution in [0.5, 0.6) is 5.75 Å². The highest BCUT2D eigenvalue weighted by Gasteiger charge is 2.28. The Labute approximate surface area is 189 Å². The van der Waals surface area contributed by atoms with Gasteiger partial charge in [0.05, 0.1) is 23.7 Å². The molecule has 7 heteroatoms. The number of carbonyl (C=O) groups is 1. The Bertz CT molecular complexity index is 1170. The van der Waals surface area contributed by atoms with Crippen molar-refractivity contribution in [2.45, 2.75) is 31.7 Å². The third-order valence-corrected chi connectivity index (χ3v) is 6.88. The van der Waals surface area contributed by atoms with E-state index in [9.17, 15) is 13.2 Å². The highest BCUT2D eigenvalue weighted by molar-refractivity contribution is 7.92. The van der Waals surface area contributed by atoms with Gasteiger partial charge >= 0.3 is 0 Å². The summed E-state index contributed by atoms with van der Waals surface area (Å²) in [5.74, 6) is 0.241. The summed E-state index contributed by atoms with van der Waals surface area (Å²) < 4.78 is 33.5. The molecule has 0 aromatic heterocycles. The van der Waals surface area contributed by atoms with Crippen molar-refractivity contribution >= 4 is 21.6 Å². The van der Waals surface area contributed by atoms with E-state index < -0.39 is 15.9 Å². The predicted octanol–water partition coefficient (Wildman–Crippen LogP) is 4.38. The number of rotatable bonds is 8. The lowest BCUT2D eigenvalue weighted by Crippen LogP contribution is -2.41. The highest BCUT2D eigenvalue weighted by atomic mass is 32.2. The van der Waals surface area contributed by atoms with Crippen LogP contribution < -0.4 is 14.4 Å². The molecule has 168 valence electrons. The average Bonchev–Trinajstić information content (AvgIpc) is 2.77. The van der Waals surface area contributed by atoms with E-state index in [1.807, 2.05) is 51.1 Å². The van der Waals surface area contributed by atoms with Crippen LogP contribution in [0.25, 0.3) is 0 Å². The van der Waals surface area contributed by atoms with Crippen LogP contribution in [0.2, 0.25) is 0 Å². The first-order valence-corrected chi connectivity index (χ1v) is 11.7. The van der Waals surface area contributed by atoms with E-state index in [0.29, 0.717) is 11.4 Å². The van der Waals surface area contributed by atoms with Crippen molar-refractivity contribution in [1.82, 2.24) is 5.32 Å². The molecular formula is C25H28N2O4S. The Kier molecular flexibility index (Phi) is 7.20. The van der Waals surface area contributed by atoms with Gasteiger partial charge in [-0.2, -0.15) is 0 Å². The number of amides is 1. The smallest absolute Gasteiger partial charge is 0.264 e. The SMILES string of the molecule is COc1ccccc1[C@H](C)NC(=O)CN(c1cc(C)cc(C)c1)S(=O)(=O)c1ccccc1. The van der Waals surface area contributed by atoms with Crippen molar-refractivity contribution < 1.29 is 17.9 Å². The van der Waals surface area contributed by atoms with E-state index >= 15 is 0 Å². The monoisotopic (exact) mass is 452 g/mol. The molecule has 6 nitrogen and oxygen atoms in total. The molecule has 3 aromatic rings. The van der Waals surface area contributed by atoms with E-state index in [1.54, 1.807) is 37.4 Å². The molecule has 1 N–H and O–H groups in total. The Morgan fingerprint density at radius 2 is 1.56 bits per heavy atom. The number of hydrogen-bond acceptors (Lipinski definition) is 4. The zero-order valence-corrected chi connectivity index (χ0v) is 19.5. The zero-order chi connectivity index (χ0) is 23.3. The molecule has 0 heterocycles. The molecule has 0 radical (unpaired) electrons. The maximum Gasteiger partial charge on any atom is 0.264 e. The lowest BCUT2D eigenvalue weighted by molar-refractivity contribution is -0.120. The largest absolute Gasteiger partial charge is 0.496 e. The third kappa shape index (κ3) is 5.29. The van der Waals surface area contributed by atoms with Crippen molar-refractivity contribution in [2.24, 2.45) is 0 Å². The van der Waals surface area contributed by atoms with E-state index in [2.05, 4.69) is 5.32 Å². The quantitative estimate of drug-likeness (QED) is 0.550. The van der Waals surface area contributed by atoms with Crippen LogP contribution in [-0.4, -0.2) is 28.0 Å². The molecule has 0 unspecified atom stereocenters. The first-order chi connectivity index (χ1) is 15.2. The van der Waals surface area contributed by atoms with E-state index in [4.69, 9.17) is 4.74 Å². The number of sulfonamides is 1. The molecule has 0 fully saturated rings. The van der Waals surface area contributed by atoms with Gasteiger partial charge in [-0.3, -0.25) is 9.10 Å². The molecule has 0 spiro atoms. The molecule has 0 saturated carbocycles. The Morgan fingerprint density at radius 3 is 2.19 bits per heavy atom. The minimum absolute atomic E-state index is 0.129. The van der Waals surface area contributed by atoms with Gasteiger partial charge in [0.2, 0.25) is 5.91 Å². The fourth-order valence-corrected chi connectivity index (χ4v) is 5.07. The van der Waals surface area contributed by atoms with Gasteiger partial charge < -0.3 is 10.1 Å². The van der Waals surface area contributed by atoms with Gasteiger partial charge in [0.1, 0.15) is 12.3 Å². The standard InChI is InChI=1S/C25H28N2O4S/c1-18-14-19(2)16-21(15-18)27(32(29,30)22-10-6-5-7-11-22)17-25(28)26-20(3)23-12-8-9-13-24(23)31-4/h5-16,20H,17H2,1-4H3,(H,26,28)/t20-/m0/s1. The van der Waals surface area contributed by atoms with Crippen LogP contribution >= 0.6 is 0 Å². The number of ether oxygens (including phenoxy) is 1. The molecule has 0 aliphatic heterocycles. The van der Waals surface area contributed by atoms with Crippen LogP contribution in [0.3, 0.4) is 0 Å². The van der Waals surface area contributed by atoms with Crippen molar-refractivity contribution in [2.75, 3.05) is 18.0 Å². The molecule has 3 aromatic carbocycles. The normalized spacial score (nSPS) is 12.1. The van der Waals surface area contributed by atoms with Gasteiger partial charge in [0, 0.05) is 5.56 Å². The molecule has 3 rings (SSSR count). The van der Waals surface area contributed by atoms with Gasteiger partial charge in [-0.25, -0.2) is 8.42 Å². The summed E-state index contributed by atoms with van der Waals surface area (Å²) >= 11 is 0. The molecule has 32 heavy (non-hydrogen) atoms. The summed E-state index contributed by atoms with van der Waals surface area (Å²) in [4.78, 5) is 13.1. The summed E-state index contributed by atoms with van der Waals surface area (Å²) in [5, 5.41) is 2.90. The van der Waals surface area contributed by atoms with Crippen molar-refractivity contribution in [3.8, 4) is 5.75 Å². The van der Waals surface area contributed by atoms with Gasteiger partial charge in [-0.05, 0) is 62.2 Å². The number of nitrogens with one attached hydrogen (secondary N) is 1. The molecule has 0 aliphatic carbocycles. The maximum atomic E-state index is 13.5. The summed E-state index contributed by atoms with van der Waals surface area (Å²) in [6.45, 7) is 5.28. The van der Waals surface area contributed by atoms with E-state index in [0.717, 1.165) is 21.0 Å². The molecule has 1 atom stereocenters. The van der Waals surface area contributed by atoms with Crippen LogP contribution in [0.15, 0.2) is 77.7 Å². The number of benzene rings is 3. The Balaban J connectivity index is 1.93. The highest BCUT2D eigenvalue weighted by Crippen LogP contribution is 2.27. The molecule has 0 aliphatic rings. The van der Waals surface area contributed by atoms with Crippen molar-refractivity contribution in [3.63, 3.8) is 0 Å². The van der Waals surface area contributed by atoms with Crippen LogP contribution in [-0.2, 0) is 14.8 Å². The first kappa shape index (κ1) is 23.3. The minimum Gasteiger partial charge on any atom is -0.496 e. The van der Waals surface area contributed by atoms with Gasteiger partial charge in [-0.15, -0.1) is 0 Å². The number of para-hydroxylation sites is 1. The fraction of sp³-hybridized carbons (Fsp3) is 0.240. The second kappa shape index (κ2) is 9.87. The summed E-state index contributed by atoms with van der Waals surface area (Å²) in [6.07, 6.45) is 0. The van der Waals surface area contributed by atoms with Crippen LogP contribution in [0, 0.1) is 13.8 Å². The fourth-order valence-electron chi connectivity index (χ4n) is 3.65. The maximum absolute atomic E-state index is 13.5. The van der Waals surface area contributed by atoms with Gasteiger partial charge in [0.25, 0.3) is 10.0 Å². The Morgan fingerprint density at radius 1 is 0.969 bits per heavy atom. The van der Waals surface area contributed by atoms with Crippen molar-refractivity contribution in [1.29, 1.82) is 0 Å². The predicted molar refractivity (Wildman–Crippen MR) is 126 cm³/mol. The first-order valence-electron chi connectivity index (χ1n) is 10.3. The second-order valence-corrected chi connectivity index (χ2v) is 9.56. The number of methoxy groups -OCH3 is 1. The lowest BCUT2D eigenvalue weighted by atomic mass is 10.1. The van der Waals surface area contributed by atoms with Crippen LogP contribution in [0.4, 0.5) is 5.69 Å². The second-order valence-electron chi connectivity index (χ2n) is 7.70. The Hall–Kier alpha value is -3.32. The number of aryl methyl sites for hydroxylation is 2. The van der Waals surface area contributed by atoms with Gasteiger partial charge in [0.15, 0.2) is 0 Å². The molecular weight excluding hydrogens is 424 g/mol. The molecule has 0 bridgehead atoms. The van der Waals surface area contributed by atoms with Crippen LogP contribution in [0.1, 0.15) is 29.7 Å². The van der Waals surface area contributed by atoms with Gasteiger partial charge in [-0.1, -0.05) is 42.5 Å². The lowest BCUT2D eigenvalue weighted by Gasteiger charge is -2.26. The van der Waals surface area contributed by atoms with E-state index in [-0.39, 0.29) is 17.5 Å². The number of hydrogen-bond donors (Lipinski definition) is 1. The topological polar surface area (TPSA) is 75.7 Å². The average molecular weight is 453 g/mol.